The van der Waals surface area contributed by atoms with Gasteiger partial charge in [0.25, 0.3) is 0 Å². The van der Waals surface area contributed by atoms with Crippen LogP contribution in [0.4, 0.5) is 0 Å². The molecule has 0 saturated carbocycles. The van der Waals surface area contributed by atoms with Gasteiger partial charge in [-0.05, 0) is 38.6 Å². The molecule has 0 bridgehead atoms. The van der Waals surface area contributed by atoms with Gasteiger partial charge in [0.1, 0.15) is 4.99 Å². The van der Waals surface area contributed by atoms with Crippen molar-refractivity contribution in [1.82, 2.24) is 4.90 Å². The zero-order valence-electron chi connectivity index (χ0n) is 9.65. The number of carbonyl (C=O) groups is 1. The standard InChI is InChI=1S/C11H21N3OS/c12-6-4-5-9(13)10(15)11(16)14-7-2-1-3-8-14/h9H,1-8,12-13H2/t9-/m0/s1. The van der Waals surface area contributed by atoms with Crippen molar-refractivity contribution in [3.63, 3.8) is 0 Å². The first kappa shape index (κ1) is 13.5. The number of nitrogens with zero attached hydrogens (tertiary/aromatic N) is 1. The van der Waals surface area contributed by atoms with Crippen molar-refractivity contribution in [2.45, 2.75) is 38.1 Å². The normalized spacial score (nSPS) is 18.2. The van der Waals surface area contributed by atoms with Crippen molar-refractivity contribution in [3.8, 4) is 0 Å². The van der Waals surface area contributed by atoms with Gasteiger partial charge in [0.05, 0.1) is 6.04 Å². The predicted molar refractivity (Wildman–Crippen MR) is 69.3 cm³/mol. The van der Waals surface area contributed by atoms with Gasteiger partial charge in [-0.2, -0.15) is 0 Å². The summed E-state index contributed by atoms with van der Waals surface area (Å²) >= 11 is 5.19. The summed E-state index contributed by atoms with van der Waals surface area (Å²) in [5.74, 6) is -0.0923. The highest BCUT2D eigenvalue weighted by atomic mass is 32.1. The molecule has 1 aliphatic rings. The highest BCUT2D eigenvalue weighted by Crippen LogP contribution is 2.11. The lowest BCUT2D eigenvalue weighted by molar-refractivity contribution is -0.114. The summed E-state index contributed by atoms with van der Waals surface area (Å²) in [5, 5.41) is 0. The fourth-order valence-corrected chi connectivity index (χ4v) is 2.21. The Labute approximate surface area is 102 Å². The first-order valence-electron chi connectivity index (χ1n) is 5.95. The first-order valence-corrected chi connectivity index (χ1v) is 6.36. The van der Waals surface area contributed by atoms with Crippen molar-refractivity contribution >= 4 is 23.0 Å². The van der Waals surface area contributed by atoms with Crippen molar-refractivity contribution in [3.05, 3.63) is 0 Å². The van der Waals surface area contributed by atoms with Gasteiger partial charge in [-0.1, -0.05) is 12.2 Å². The second-order valence-corrected chi connectivity index (χ2v) is 4.64. The third-order valence-corrected chi connectivity index (χ3v) is 3.37. The summed E-state index contributed by atoms with van der Waals surface area (Å²) in [6.45, 7) is 2.36. The minimum atomic E-state index is -0.474. The summed E-state index contributed by atoms with van der Waals surface area (Å²) in [6, 6.07) is -0.474. The first-order chi connectivity index (χ1) is 7.66. The Bertz CT molecular complexity index is 252. The number of likely N-dealkylation sites (tertiary alicyclic amines) is 1. The Balaban J connectivity index is 2.42. The molecule has 1 heterocycles. The summed E-state index contributed by atoms with van der Waals surface area (Å²) in [5.41, 5.74) is 11.2. The smallest absolute Gasteiger partial charge is 0.206 e. The minimum absolute atomic E-state index is 0.0923. The average molecular weight is 243 g/mol. The van der Waals surface area contributed by atoms with Crippen LogP contribution in [0.25, 0.3) is 0 Å². The Morgan fingerprint density at radius 1 is 1.31 bits per heavy atom. The lowest BCUT2D eigenvalue weighted by Gasteiger charge is -2.29. The Morgan fingerprint density at radius 3 is 2.50 bits per heavy atom. The Kier molecular flexibility index (Phi) is 5.87. The molecule has 1 fully saturated rings. The summed E-state index contributed by atoms with van der Waals surface area (Å²) in [4.78, 5) is 14.3. The van der Waals surface area contributed by atoms with E-state index in [1.165, 1.54) is 6.42 Å². The summed E-state index contributed by atoms with van der Waals surface area (Å²) in [6.07, 6.45) is 4.86. The zero-order chi connectivity index (χ0) is 12.0. The van der Waals surface area contributed by atoms with Gasteiger partial charge in [-0.25, -0.2) is 0 Å². The molecule has 1 saturated heterocycles. The van der Waals surface area contributed by atoms with Crippen LogP contribution in [0.5, 0.6) is 0 Å². The molecule has 16 heavy (non-hydrogen) atoms. The van der Waals surface area contributed by atoms with E-state index in [1.807, 2.05) is 4.90 Å². The number of hydrogen-bond acceptors (Lipinski definition) is 4. The number of piperidine rings is 1. The number of Topliss-reactive ketones (excluding diaryl/α,β-unsaturated/α-hetero) is 1. The molecule has 0 aromatic carbocycles. The van der Waals surface area contributed by atoms with E-state index in [1.54, 1.807) is 0 Å². The molecule has 0 aromatic rings. The third kappa shape index (κ3) is 3.81. The molecule has 1 rings (SSSR count). The molecule has 92 valence electrons. The van der Waals surface area contributed by atoms with Gasteiger partial charge in [0.15, 0.2) is 0 Å². The van der Waals surface area contributed by atoms with E-state index in [9.17, 15) is 4.79 Å². The second-order valence-electron chi connectivity index (χ2n) is 4.25. The Hall–Kier alpha value is -0.520. The van der Waals surface area contributed by atoms with E-state index >= 15 is 0 Å². The lowest BCUT2D eigenvalue weighted by atomic mass is 10.1. The molecule has 0 spiro atoms. The number of ketones is 1. The summed E-state index contributed by atoms with van der Waals surface area (Å²) < 4.78 is 0. The molecule has 4 nitrogen and oxygen atoms in total. The zero-order valence-corrected chi connectivity index (χ0v) is 10.5. The lowest BCUT2D eigenvalue weighted by Crippen LogP contribution is -2.45. The molecule has 0 aromatic heterocycles. The highest BCUT2D eigenvalue weighted by molar-refractivity contribution is 7.82. The van der Waals surface area contributed by atoms with Crippen LogP contribution >= 0.6 is 12.2 Å². The van der Waals surface area contributed by atoms with Crippen molar-refractivity contribution < 1.29 is 4.79 Å². The van der Waals surface area contributed by atoms with Crippen LogP contribution in [0.15, 0.2) is 0 Å². The highest BCUT2D eigenvalue weighted by Gasteiger charge is 2.23. The quantitative estimate of drug-likeness (QED) is 0.685. The van der Waals surface area contributed by atoms with Gasteiger partial charge in [0.2, 0.25) is 5.78 Å². The Morgan fingerprint density at radius 2 is 1.94 bits per heavy atom. The fourth-order valence-electron chi connectivity index (χ4n) is 1.88. The molecule has 0 aliphatic carbocycles. The van der Waals surface area contributed by atoms with E-state index in [0.29, 0.717) is 18.0 Å². The SMILES string of the molecule is NCCC[C@H](N)C(=O)C(=S)N1CCCCC1. The van der Waals surface area contributed by atoms with Crippen molar-refractivity contribution in [2.75, 3.05) is 19.6 Å². The van der Waals surface area contributed by atoms with Crippen LogP contribution in [0, 0.1) is 0 Å². The molecule has 1 atom stereocenters. The van der Waals surface area contributed by atoms with Crippen molar-refractivity contribution in [1.29, 1.82) is 0 Å². The van der Waals surface area contributed by atoms with Crippen LogP contribution in [0.1, 0.15) is 32.1 Å². The van der Waals surface area contributed by atoms with Crippen LogP contribution in [0.2, 0.25) is 0 Å². The maximum Gasteiger partial charge on any atom is 0.206 e. The van der Waals surface area contributed by atoms with Crippen LogP contribution in [-0.2, 0) is 4.79 Å². The maximum absolute atomic E-state index is 11.9. The molecule has 1 aliphatic heterocycles. The minimum Gasteiger partial charge on any atom is -0.360 e. The monoisotopic (exact) mass is 243 g/mol. The van der Waals surface area contributed by atoms with Gasteiger partial charge in [-0.3, -0.25) is 4.79 Å². The van der Waals surface area contributed by atoms with E-state index in [2.05, 4.69) is 0 Å². The largest absolute Gasteiger partial charge is 0.360 e. The van der Waals surface area contributed by atoms with Crippen LogP contribution in [-0.4, -0.2) is 41.3 Å². The van der Waals surface area contributed by atoms with E-state index in [4.69, 9.17) is 23.7 Å². The van der Waals surface area contributed by atoms with E-state index < -0.39 is 6.04 Å². The fraction of sp³-hybridized carbons (Fsp3) is 0.818. The molecular formula is C11H21N3OS. The molecule has 4 N–H and O–H groups in total. The number of hydrogen-bond donors (Lipinski definition) is 2. The van der Waals surface area contributed by atoms with Crippen LogP contribution < -0.4 is 11.5 Å². The van der Waals surface area contributed by atoms with E-state index in [-0.39, 0.29) is 5.78 Å². The number of carbonyl (C=O) groups excluding carboxylic acids is 1. The predicted octanol–water partition coefficient (Wildman–Crippen LogP) is 0.435. The molecular weight excluding hydrogens is 222 g/mol. The molecule has 5 heteroatoms. The van der Waals surface area contributed by atoms with Gasteiger partial charge in [0, 0.05) is 13.1 Å². The number of thiocarbonyl (C=S) groups is 1. The molecule has 0 amide bonds. The number of nitrogens with two attached hydrogens (primary N) is 2. The second kappa shape index (κ2) is 6.93. The van der Waals surface area contributed by atoms with Gasteiger partial charge >= 0.3 is 0 Å². The average Bonchev–Trinajstić information content (AvgIpc) is 2.35. The van der Waals surface area contributed by atoms with Gasteiger partial charge < -0.3 is 16.4 Å². The van der Waals surface area contributed by atoms with E-state index in [0.717, 1.165) is 32.4 Å². The summed E-state index contributed by atoms with van der Waals surface area (Å²) in [7, 11) is 0. The van der Waals surface area contributed by atoms with Crippen LogP contribution in [0.3, 0.4) is 0 Å². The van der Waals surface area contributed by atoms with Crippen molar-refractivity contribution in [2.24, 2.45) is 11.5 Å². The third-order valence-electron chi connectivity index (χ3n) is 2.91. The van der Waals surface area contributed by atoms with Gasteiger partial charge in [-0.15, -0.1) is 0 Å². The molecule has 0 radical (unpaired) electrons. The molecule has 0 unspecified atom stereocenters. The number of rotatable bonds is 5. The maximum atomic E-state index is 11.9. The topological polar surface area (TPSA) is 72.3 Å².